The van der Waals surface area contributed by atoms with Gasteiger partial charge in [0.05, 0.1) is 18.9 Å². The zero-order valence-corrected chi connectivity index (χ0v) is 11.0. The number of hydrogen-bond donors (Lipinski definition) is 1. The van der Waals surface area contributed by atoms with Gasteiger partial charge < -0.3 is 9.72 Å². The molecule has 0 atom stereocenters. The number of aryl methyl sites for hydroxylation is 1. The van der Waals surface area contributed by atoms with Crippen molar-refractivity contribution in [1.29, 1.82) is 5.26 Å². The molecule has 0 radical (unpaired) electrons. The van der Waals surface area contributed by atoms with Crippen molar-refractivity contribution >= 4 is 0 Å². The highest BCUT2D eigenvalue weighted by Crippen LogP contribution is 2.46. The van der Waals surface area contributed by atoms with E-state index in [9.17, 15) is 5.26 Å². The molecule has 0 amide bonds. The van der Waals surface area contributed by atoms with Gasteiger partial charge in [-0.25, -0.2) is 4.98 Å². The monoisotopic (exact) mass is 253 g/mol. The highest BCUT2D eigenvalue weighted by atomic mass is 16.5. The molecule has 0 bridgehead atoms. The van der Waals surface area contributed by atoms with Crippen molar-refractivity contribution in [3.05, 3.63) is 35.8 Å². The fraction of sp³-hybridized carbons (Fsp3) is 0.333. The maximum absolute atomic E-state index is 9.23. The van der Waals surface area contributed by atoms with Crippen LogP contribution in [0.1, 0.15) is 24.4 Å². The van der Waals surface area contributed by atoms with Gasteiger partial charge in [-0.3, -0.25) is 0 Å². The Morgan fingerprint density at radius 3 is 2.84 bits per heavy atom. The lowest BCUT2D eigenvalue weighted by Gasteiger charge is -2.02. The number of aromatic amines is 1. The van der Waals surface area contributed by atoms with Crippen LogP contribution in [-0.2, 0) is 5.41 Å². The van der Waals surface area contributed by atoms with Crippen LogP contribution in [0.25, 0.3) is 11.3 Å². The van der Waals surface area contributed by atoms with Crippen LogP contribution in [0.15, 0.2) is 24.3 Å². The van der Waals surface area contributed by atoms with E-state index >= 15 is 0 Å². The molecule has 1 aromatic carbocycles. The number of nitrogens with one attached hydrogen (secondary N) is 1. The molecule has 1 heterocycles. The second kappa shape index (κ2) is 4.13. The Balaban J connectivity index is 2.04. The first-order valence-corrected chi connectivity index (χ1v) is 6.31. The molecule has 0 saturated heterocycles. The summed E-state index contributed by atoms with van der Waals surface area (Å²) in [6.45, 7) is 1.98. The molecule has 1 saturated carbocycles. The molecule has 1 N–H and O–H groups in total. The van der Waals surface area contributed by atoms with Gasteiger partial charge in [-0.2, -0.15) is 5.26 Å². The van der Waals surface area contributed by atoms with Gasteiger partial charge in [-0.05, 0) is 31.9 Å². The minimum atomic E-state index is -0.373. The molecule has 1 aromatic heterocycles. The number of rotatable bonds is 3. The molecule has 1 aliphatic rings. The van der Waals surface area contributed by atoms with Crippen molar-refractivity contribution in [2.24, 2.45) is 0 Å². The lowest BCUT2D eigenvalue weighted by Crippen LogP contribution is -2.04. The van der Waals surface area contributed by atoms with Gasteiger partial charge in [0.25, 0.3) is 0 Å². The van der Waals surface area contributed by atoms with Crippen molar-refractivity contribution in [3.63, 3.8) is 0 Å². The third-order valence-corrected chi connectivity index (χ3v) is 3.65. The lowest BCUT2D eigenvalue weighted by molar-refractivity contribution is 0.415. The molecule has 0 spiro atoms. The fourth-order valence-corrected chi connectivity index (χ4v) is 2.27. The highest BCUT2D eigenvalue weighted by molar-refractivity contribution is 5.64. The Morgan fingerprint density at radius 1 is 1.42 bits per heavy atom. The topological polar surface area (TPSA) is 61.7 Å². The Bertz CT molecular complexity index is 662. The van der Waals surface area contributed by atoms with E-state index in [2.05, 4.69) is 16.0 Å². The van der Waals surface area contributed by atoms with E-state index < -0.39 is 0 Å². The zero-order chi connectivity index (χ0) is 13.5. The van der Waals surface area contributed by atoms with Gasteiger partial charge in [-0.15, -0.1) is 0 Å². The summed E-state index contributed by atoms with van der Waals surface area (Å²) in [6.07, 6.45) is 1.79. The SMILES string of the molecule is COc1cccc(-c2nc(C3(C#N)CC3)[nH]c2C)c1. The number of ether oxygens (including phenoxy) is 1. The second-order valence-electron chi connectivity index (χ2n) is 4.98. The Hall–Kier alpha value is -2.28. The molecule has 0 unspecified atom stereocenters. The molecule has 96 valence electrons. The molecular weight excluding hydrogens is 238 g/mol. The predicted molar refractivity (Wildman–Crippen MR) is 71.8 cm³/mol. The molecular formula is C15H15N3O. The summed E-state index contributed by atoms with van der Waals surface area (Å²) >= 11 is 0. The minimum absolute atomic E-state index is 0.373. The van der Waals surface area contributed by atoms with Crippen molar-refractivity contribution in [2.45, 2.75) is 25.2 Å². The van der Waals surface area contributed by atoms with E-state index in [1.165, 1.54) is 0 Å². The van der Waals surface area contributed by atoms with E-state index in [0.717, 1.165) is 41.4 Å². The number of imidazole rings is 1. The summed E-state index contributed by atoms with van der Waals surface area (Å²) in [5.41, 5.74) is 2.52. The molecule has 3 rings (SSSR count). The number of hydrogen-bond acceptors (Lipinski definition) is 3. The first-order valence-electron chi connectivity index (χ1n) is 6.31. The van der Waals surface area contributed by atoms with Crippen molar-refractivity contribution < 1.29 is 4.74 Å². The summed E-state index contributed by atoms with van der Waals surface area (Å²) in [5, 5.41) is 9.23. The normalized spacial score (nSPS) is 15.8. The average molecular weight is 253 g/mol. The summed E-state index contributed by atoms with van der Waals surface area (Å²) < 4.78 is 5.23. The van der Waals surface area contributed by atoms with Gasteiger partial charge >= 0.3 is 0 Å². The number of nitrogens with zero attached hydrogens (tertiary/aromatic N) is 2. The molecule has 1 aliphatic carbocycles. The molecule has 4 heteroatoms. The second-order valence-corrected chi connectivity index (χ2v) is 4.98. The van der Waals surface area contributed by atoms with Gasteiger partial charge in [0.2, 0.25) is 0 Å². The third-order valence-electron chi connectivity index (χ3n) is 3.65. The number of aromatic nitrogens is 2. The number of nitriles is 1. The maximum Gasteiger partial charge on any atom is 0.127 e. The van der Waals surface area contributed by atoms with Crippen LogP contribution in [-0.4, -0.2) is 17.1 Å². The Morgan fingerprint density at radius 2 is 2.21 bits per heavy atom. The summed E-state index contributed by atoms with van der Waals surface area (Å²) in [6, 6.07) is 10.2. The standard InChI is InChI=1S/C15H15N3O/c1-10-13(11-4-3-5-12(8-11)19-2)18-14(17-10)15(9-16)6-7-15/h3-5,8H,6-7H2,1-2H3,(H,17,18). The number of benzene rings is 1. The third kappa shape index (κ3) is 1.88. The average Bonchev–Trinajstić information content (AvgIpc) is 3.16. The van der Waals surface area contributed by atoms with Crippen LogP contribution in [0, 0.1) is 18.3 Å². The van der Waals surface area contributed by atoms with E-state index in [-0.39, 0.29) is 5.41 Å². The molecule has 2 aromatic rings. The van der Waals surface area contributed by atoms with Crippen molar-refractivity contribution in [2.75, 3.05) is 7.11 Å². The zero-order valence-electron chi connectivity index (χ0n) is 11.0. The summed E-state index contributed by atoms with van der Waals surface area (Å²) in [4.78, 5) is 7.89. The van der Waals surface area contributed by atoms with Crippen LogP contribution in [0.5, 0.6) is 5.75 Å². The van der Waals surface area contributed by atoms with Gasteiger partial charge in [0.15, 0.2) is 0 Å². The predicted octanol–water partition coefficient (Wildman–Crippen LogP) is 2.95. The molecule has 4 nitrogen and oxygen atoms in total. The Kier molecular flexibility index (Phi) is 2.56. The van der Waals surface area contributed by atoms with Crippen LogP contribution in [0.4, 0.5) is 0 Å². The maximum atomic E-state index is 9.23. The van der Waals surface area contributed by atoms with E-state index in [4.69, 9.17) is 4.74 Å². The highest BCUT2D eigenvalue weighted by Gasteiger charge is 2.48. The quantitative estimate of drug-likeness (QED) is 0.914. The fourth-order valence-electron chi connectivity index (χ4n) is 2.27. The van der Waals surface area contributed by atoms with Gasteiger partial charge in [0.1, 0.15) is 17.0 Å². The summed E-state index contributed by atoms with van der Waals surface area (Å²) in [5.74, 6) is 1.60. The van der Waals surface area contributed by atoms with Gasteiger partial charge in [-0.1, -0.05) is 12.1 Å². The Labute approximate surface area is 112 Å². The van der Waals surface area contributed by atoms with Crippen LogP contribution in [0.2, 0.25) is 0 Å². The first kappa shape index (κ1) is 11.8. The number of methoxy groups -OCH3 is 1. The van der Waals surface area contributed by atoms with Gasteiger partial charge in [0, 0.05) is 11.3 Å². The van der Waals surface area contributed by atoms with E-state index in [1.54, 1.807) is 7.11 Å². The largest absolute Gasteiger partial charge is 0.497 e. The number of H-pyrrole nitrogens is 1. The molecule has 0 aliphatic heterocycles. The van der Waals surface area contributed by atoms with E-state index in [0.29, 0.717) is 0 Å². The molecule has 19 heavy (non-hydrogen) atoms. The smallest absolute Gasteiger partial charge is 0.127 e. The van der Waals surface area contributed by atoms with Crippen molar-refractivity contribution in [3.8, 4) is 23.1 Å². The van der Waals surface area contributed by atoms with Crippen molar-refractivity contribution in [1.82, 2.24) is 9.97 Å². The molecule has 1 fully saturated rings. The first-order chi connectivity index (χ1) is 9.18. The lowest BCUT2D eigenvalue weighted by atomic mass is 10.1. The van der Waals surface area contributed by atoms with Crippen LogP contribution in [0.3, 0.4) is 0 Å². The van der Waals surface area contributed by atoms with Crippen LogP contribution >= 0.6 is 0 Å². The summed E-state index contributed by atoms with van der Waals surface area (Å²) in [7, 11) is 1.65. The van der Waals surface area contributed by atoms with Crippen LogP contribution < -0.4 is 4.74 Å². The van der Waals surface area contributed by atoms with E-state index in [1.807, 2.05) is 31.2 Å². The minimum Gasteiger partial charge on any atom is -0.497 e.